The fourth-order valence-corrected chi connectivity index (χ4v) is 3.85. The summed E-state index contributed by atoms with van der Waals surface area (Å²) in [5.74, 6) is -0.274. The van der Waals surface area contributed by atoms with Crippen LogP contribution in [0.25, 0.3) is 32.8 Å². The van der Waals surface area contributed by atoms with Crippen LogP contribution in [0.1, 0.15) is 23.8 Å². The molecule has 0 amide bonds. The first-order valence-corrected chi connectivity index (χ1v) is 8.89. The molecule has 0 fully saturated rings. The standard InChI is InChI=1S/C24H23FN/c1-14-10-15(2)17(4)21(11-14)24-20-9-7-18-6-8-19(25)13-22(18)23(20)12-16(3)26(24)5/h6-13H,1-5H3/q+1/i12D. The van der Waals surface area contributed by atoms with E-state index in [-0.39, 0.29) is 5.82 Å². The van der Waals surface area contributed by atoms with E-state index in [0.717, 1.165) is 32.9 Å². The van der Waals surface area contributed by atoms with E-state index in [1.807, 2.05) is 20.0 Å². The molecule has 4 aromatic rings. The van der Waals surface area contributed by atoms with Gasteiger partial charge in [-0.15, -0.1) is 0 Å². The number of fused-ring (bicyclic) bond motifs is 3. The molecule has 0 aliphatic rings. The molecule has 0 bridgehead atoms. The molecule has 0 radical (unpaired) electrons. The zero-order valence-corrected chi connectivity index (χ0v) is 15.9. The molecule has 0 aliphatic heterocycles. The number of hydrogen-bond donors (Lipinski definition) is 0. The number of pyridine rings is 1. The van der Waals surface area contributed by atoms with Crippen molar-refractivity contribution in [3.8, 4) is 11.3 Å². The molecular formula is C24H23FN+. The summed E-state index contributed by atoms with van der Waals surface area (Å²) in [6.45, 7) is 8.33. The highest BCUT2D eigenvalue weighted by Crippen LogP contribution is 2.34. The first-order chi connectivity index (χ1) is 12.8. The SMILES string of the molecule is [2H]c1c(C)[n+](C)c(-c2cc(C)cc(C)c2C)c2ccc3ccc(F)cc3c12. The number of hydrogen-bond acceptors (Lipinski definition) is 0. The van der Waals surface area contributed by atoms with E-state index in [1.165, 1.54) is 28.3 Å². The topological polar surface area (TPSA) is 3.88 Å². The Hall–Kier alpha value is -2.74. The zero-order valence-electron chi connectivity index (χ0n) is 16.9. The van der Waals surface area contributed by atoms with Gasteiger partial charge in [0, 0.05) is 18.4 Å². The van der Waals surface area contributed by atoms with Crippen LogP contribution in [-0.4, -0.2) is 0 Å². The number of halogens is 1. The molecule has 0 saturated carbocycles. The van der Waals surface area contributed by atoms with Crippen LogP contribution in [0, 0.1) is 33.5 Å². The van der Waals surface area contributed by atoms with Crippen molar-refractivity contribution in [1.82, 2.24) is 0 Å². The summed E-state index contributed by atoms with van der Waals surface area (Å²) in [5.41, 5.74) is 6.80. The molecule has 0 saturated heterocycles. The Morgan fingerprint density at radius 1 is 0.885 bits per heavy atom. The van der Waals surface area contributed by atoms with Gasteiger partial charge in [0.05, 0.1) is 12.3 Å². The molecular weight excluding hydrogens is 321 g/mol. The van der Waals surface area contributed by atoms with Gasteiger partial charge in [-0.3, -0.25) is 0 Å². The molecule has 0 aliphatic carbocycles. The fourth-order valence-electron chi connectivity index (χ4n) is 3.85. The predicted octanol–water partition coefficient (Wildman–Crippen LogP) is 5.86. The average molecular weight is 345 g/mol. The number of benzene rings is 3. The van der Waals surface area contributed by atoms with Gasteiger partial charge in [0.15, 0.2) is 5.69 Å². The van der Waals surface area contributed by atoms with Crippen molar-refractivity contribution in [1.29, 1.82) is 0 Å². The van der Waals surface area contributed by atoms with Crippen molar-refractivity contribution in [2.24, 2.45) is 7.05 Å². The number of aryl methyl sites for hydroxylation is 2. The Bertz CT molecular complexity index is 1240. The highest BCUT2D eigenvalue weighted by molar-refractivity contribution is 6.11. The summed E-state index contributed by atoms with van der Waals surface area (Å²) in [6.07, 6.45) is 0. The summed E-state index contributed by atoms with van der Waals surface area (Å²) in [6, 6.07) is 13.7. The van der Waals surface area contributed by atoms with Gasteiger partial charge in [0.25, 0.3) is 0 Å². The molecule has 0 spiro atoms. The third-order valence-electron chi connectivity index (χ3n) is 5.45. The Morgan fingerprint density at radius 2 is 1.62 bits per heavy atom. The second kappa shape index (κ2) is 5.91. The highest BCUT2D eigenvalue weighted by atomic mass is 19.1. The lowest BCUT2D eigenvalue weighted by Crippen LogP contribution is -2.35. The quantitative estimate of drug-likeness (QED) is 0.301. The first-order valence-electron chi connectivity index (χ1n) is 9.39. The number of rotatable bonds is 1. The normalized spacial score (nSPS) is 12.0. The lowest BCUT2D eigenvalue weighted by molar-refractivity contribution is -0.665. The molecule has 1 nitrogen and oxygen atoms in total. The Kier molecular flexibility index (Phi) is 3.53. The van der Waals surface area contributed by atoms with E-state index >= 15 is 0 Å². The number of aromatic nitrogens is 1. The van der Waals surface area contributed by atoms with Crippen LogP contribution in [-0.2, 0) is 7.05 Å². The van der Waals surface area contributed by atoms with E-state index in [2.05, 4.69) is 43.5 Å². The molecule has 130 valence electrons. The van der Waals surface area contributed by atoms with Gasteiger partial charge in [-0.05, 0) is 66.9 Å². The van der Waals surface area contributed by atoms with Gasteiger partial charge >= 0.3 is 0 Å². The lowest BCUT2D eigenvalue weighted by atomic mass is 9.92. The average Bonchev–Trinajstić information content (AvgIpc) is 2.63. The van der Waals surface area contributed by atoms with Gasteiger partial charge in [0.2, 0.25) is 5.69 Å². The van der Waals surface area contributed by atoms with Crippen molar-refractivity contribution in [3.05, 3.63) is 76.7 Å². The van der Waals surface area contributed by atoms with Gasteiger partial charge < -0.3 is 0 Å². The third-order valence-corrected chi connectivity index (χ3v) is 5.45. The molecule has 4 rings (SSSR count). The van der Waals surface area contributed by atoms with Crippen LogP contribution in [0.2, 0.25) is 0 Å². The fraction of sp³-hybridized carbons (Fsp3) is 0.208. The molecule has 0 N–H and O–H groups in total. The minimum Gasteiger partial charge on any atom is -0.207 e. The summed E-state index contributed by atoms with van der Waals surface area (Å²) in [4.78, 5) is 0. The Balaban J connectivity index is 2.26. The first kappa shape index (κ1) is 15.5. The van der Waals surface area contributed by atoms with Gasteiger partial charge in [0.1, 0.15) is 12.9 Å². The molecule has 0 unspecified atom stereocenters. The van der Waals surface area contributed by atoms with E-state index < -0.39 is 0 Å². The second-order valence-corrected chi connectivity index (χ2v) is 7.23. The predicted molar refractivity (Wildman–Crippen MR) is 107 cm³/mol. The maximum atomic E-state index is 14.0. The van der Waals surface area contributed by atoms with Gasteiger partial charge in [-0.25, -0.2) is 4.39 Å². The van der Waals surface area contributed by atoms with Crippen LogP contribution < -0.4 is 4.57 Å². The van der Waals surface area contributed by atoms with E-state index in [0.29, 0.717) is 6.04 Å². The van der Waals surface area contributed by atoms with Crippen molar-refractivity contribution < 1.29 is 10.3 Å². The van der Waals surface area contributed by atoms with Crippen molar-refractivity contribution >= 4 is 21.5 Å². The molecule has 2 heteroatoms. The molecule has 1 heterocycles. The van der Waals surface area contributed by atoms with Crippen molar-refractivity contribution in [3.63, 3.8) is 0 Å². The minimum absolute atomic E-state index is 0.274. The van der Waals surface area contributed by atoms with E-state index in [1.54, 1.807) is 12.1 Å². The van der Waals surface area contributed by atoms with Crippen LogP contribution >= 0.6 is 0 Å². The summed E-state index contributed by atoms with van der Waals surface area (Å²) in [5, 5.41) is 3.55. The molecule has 26 heavy (non-hydrogen) atoms. The molecule has 0 atom stereocenters. The maximum Gasteiger partial charge on any atom is 0.220 e. The van der Waals surface area contributed by atoms with Gasteiger partial charge in [-0.2, -0.15) is 4.57 Å². The van der Waals surface area contributed by atoms with Crippen LogP contribution in [0.4, 0.5) is 4.39 Å². The van der Waals surface area contributed by atoms with E-state index in [9.17, 15) is 4.39 Å². The maximum absolute atomic E-state index is 14.0. The van der Waals surface area contributed by atoms with Crippen LogP contribution in [0.15, 0.2) is 48.5 Å². The second-order valence-electron chi connectivity index (χ2n) is 7.23. The smallest absolute Gasteiger partial charge is 0.207 e. The zero-order chi connectivity index (χ0) is 19.5. The van der Waals surface area contributed by atoms with Gasteiger partial charge in [-0.1, -0.05) is 23.8 Å². The summed E-state index contributed by atoms with van der Waals surface area (Å²) < 4.78 is 24.8. The van der Waals surface area contributed by atoms with Crippen LogP contribution in [0.5, 0.6) is 0 Å². The third kappa shape index (κ3) is 2.48. The van der Waals surface area contributed by atoms with E-state index in [4.69, 9.17) is 1.37 Å². The van der Waals surface area contributed by atoms with Crippen molar-refractivity contribution in [2.45, 2.75) is 27.7 Å². The molecule has 3 aromatic carbocycles. The minimum atomic E-state index is -0.274. The Labute approximate surface area is 155 Å². The summed E-state index contributed by atoms with van der Waals surface area (Å²) >= 11 is 0. The number of nitrogens with zero attached hydrogens (tertiary/aromatic N) is 1. The van der Waals surface area contributed by atoms with Crippen molar-refractivity contribution in [2.75, 3.05) is 0 Å². The monoisotopic (exact) mass is 345 g/mol. The van der Waals surface area contributed by atoms with Crippen LogP contribution in [0.3, 0.4) is 0 Å². The molecule has 1 aromatic heterocycles. The largest absolute Gasteiger partial charge is 0.220 e. The summed E-state index contributed by atoms with van der Waals surface area (Å²) in [7, 11) is 2.01. The lowest BCUT2D eigenvalue weighted by Gasteiger charge is -2.14. The highest BCUT2D eigenvalue weighted by Gasteiger charge is 2.21. The Morgan fingerprint density at radius 3 is 2.38 bits per heavy atom.